The van der Waals surface area contributed by atoms with Crippen molar-refractivity contribution < 1.29 is 45.4 Å². The molecule has 14 nitrogen and oxygen atoms in total. The van der Waals surface area contributed by atoms with Crippen molar-refractivity contribution in [3.63, 3.8) is 0 Å². The normalized spacial score (nSPS) is 11.7. The van der Waals surface area contributed by atoms with E-state index in [9.17, 15) is 26.4 Å². The van der Waals surface area contributed by atoms with Gasteiger partial charge in [0.25, 0.3) is 19.1 Å². The third kappa shape index (κ3) is 18.9. The summed E-state index contributed by atoms with van der Waals surface area (Å²) in [5.74, 6) is -0.346. The number of ether oxygens (including phenoxy) is 4. The highest BCUT2D eigenvalue weighted by atomic mass is 35.7. The molecule has 0 aliphatic carbocycles. The number of allylic oxidation sites excluding steroid dienone is 4. The zero-order chi connectivity index (χ0) is 47.3. The number of esters is 2. The van der Waals surface area contributed by atoms with Crippen LogP contribution in [-0.2, 0) is 28.5 Å². The smallest absolute Gasteiger partial charge is 0.342 e. The van der Waals surface area contributed by atoms with Crippen LogP contribution in [0.15, 0.2) is 152 Å². The molecule has 4 aromatic carbocycles. The Morgan fingerprint density at radius 1 is 0.683 bits per heavy atom. The van der Waals surface area contributed by atoms with Gasteiger partial charge in [-0.1, -0.05) is 71.8 Å². The van der Waals surface area contributed by atoms with Crippen LogP contribution in [0.4, 0.5) is 11.4 Å². The Labute approximate surface area is 382 Å². The topological polar surface area (TPSA) is 202 Å². The van der Waals surface area contributed by atoms with Crippen LogP contribution in [0, 0.1) is 13.8 Å². The molecule has 63 heavy (non-hydrogen) atoms. The molecular formula is C44H47Cl3N4O10S2. The van der Waals surface area contributed by atoms with Gasteiger partial charge in [-0.3, -0.25) is 14.7 Å². The Bertz CT molecular complexity index is 2590. The fourth-order valence-corrected chi connectivity index (χ4v) is 6.92. The van der Waals surface area contributed by atoms with Gasteiger partial charge in [0.1, 0.15) is 34.1 Å². The van der Waals surface area contributed by atoms with E-state index in [-0.39, 0.29) is 62.1 Å². The SMILES string of the molecule is C=C(/C=C(/Cl)C=NC)Oc1ccc(N)cc1C(=O)OCC.C=C(/C=C(/Cl)C=NC)Oc1ccc(NS(=O)(=O)c2ccc(C)cc2)cc1C(=O)OCC.Cc1ccc(S(=O)(=O)Cl)cc1. The Morgan fingerprint density at radius 3 is 1.51 bits per heavy atom. The van der Waals surface area contributed by atoms with Gasteiger partial charge in [0, 0.05) is 60.7 Å². The number of anilines is 2. The van der Waals surface area contributed by atoms with Crippen LogP contribution in [0.3, 0.4) is 0 Å². The van der Waals surface area contributed by atoms with E-state index in [2.05, 4.69) is 27.9 Å². The van der Waals surface area contributed by atoms with Crippen LogP contribution >= 0.6 is 33.9 Å². The quantitative estimate of drug-likeness (QED) is 0.0270. The Morgan fingerprint density at radius 2 is 1.10 bits per heavy atom. The maximum atomic E-state index is 12.7. The molecule has 0 aliphatic heterocycles. The predicted octanol–water partition coefficient (Wildman–Crippen LogP) is 9.77. The number of halogens is 3. The molecule has 0 amide bonds. The summed E-state index contributed by atoms with van der Waals surface area (Å²) in [4.78, 5) is 32.1. The average Bonchev–Trinajstić information content (AvgIpc) is 3.19. The predicted molar refractivity (Wildman–Crippen MR) is 252 cm³/mol. The maximum Gasteiger partial charge on any atom is 0.342 e. The van der Waals surface area contributed by atoms with Crippen molar-refractivity contribution in [1.82, 2.24) is 0 Å². The summed E-state index contributed by atoms with van der Waals surface area (Å²) in [6.45, 7) is 15.0. The van der Waals surface area contributed by atoms with Crippen LogP contribution in [0.2, 0.25) is 0 Å². The number of nitrogens with one attached hydrogen (secondary N) is 1. The lowest BCUT2D eigenvalue weighted by molar-refractivity contribution is 0.0513. The summed E-state index contributed by atoms with van der Waals surface area (Å²) >= 11 is 11.8. The highest BCUT2D eigenvalue weighted by Gasteiger charge is 2.20. The molecule has 0 unspecified atom stereocenters. The number of nitrogen functional groups attached to an aromatic ring is 1. The molecular weight excluding hydrogens is 915 g/mol. The first kappa shape index (κ1) is 53.2. The van der Waals surface area contributed by atoms with Gasteiger partial charge in [0.2, 0.25) is 0 Å². The Hall–Kier alpha value is -5.91. The van der Waals surface area contributed by atoms with Crippen molar-refractivity contribution in [1.29, 1.82) is 0 Å². The molecule has 19 heteroatoms. The number of hydrogen-bond donors (Lipinski definition) is 2. The summed E-state index contributed by atoms with van der Waals surface area (Å²) in [6.07, 6.45) is 5.77. The molecule has 0 saturated carbocycles. The molecule has 0 bridgehead atoms. The number of nitrogens with two attached hydrogens (primary N) is 1. The third-order valence-corrected chi connectivity index (χ3v) is 10.6. The average molecular weight is 962 g/mol. The van der Waals surface area contributed by atoms with E-state index in [1.54, 1.807) is 64.3 Å². The number of rotatable bonds is 16. The lowest BCUT2D eigenvalue weighted by atomic mass is 10.2. The summed E-state index contributed by atoms with van der Waals surface area (Å²) in [5.41, 5.74) is 8.48. The number of sulfonamides is 1. The Balaban J connectivity index is 0.000000365. The van der Waals surface area contributed by atoms with E-state index < -0.39 is 31.0 Å². The van der Waals surface area contributed by atoms with Crippen molar-refractivity contribution >= 4 is 88.7 Å². The van der Waals surface area contributed by atoms with Crippen molar-refractivity contribution in [2.24, 2.45) is 9.98 Å². The largest absolute Gasteiger partial charge is 0.462 e. The molecule has 0 fully saturated rings. The summed E-state index contributed by atoms with van der Waals surface area (Å²) in [6, 6.07) is 21.7. The molecule has 4 rings (SSSR count). The van der Waals surface area contributed by atoms with Crippen LogP contribution in [-0.4, -0.2) is 68.5 Å². The highest BCUT2D eigenvalue weighted by molar-refractivity contribution is 8.13. The zero-order valence-corrected chi connectivity index (χ0v) is 39.1. The summed E-state index contributed by atoms with van der Waals surface area (Å²) < 4.78 is 70.3. The molecule has 0 aromatic heterocycles. The van der Waals surface area contributed by atoms with Gasteiger partial charge in [-0.25, -0.2) is 26.4 Å². The molecule has 4 aromatic rings. The van der Waals surface area contributed by atoms with E-state index in [1.165, 1.54) is 73.1 Å². The number of aryl methyl sites for hydroxylation is 2. The minimum absolute atomic E-state index is 0.0285. The van der Waals surface area contributed by atoms with E-state index >= 15 is 0 Å². The van der Waals surface area contributed by atoms with Gasteiger partial charge in [0.05, 0.1) is 33.1 Å². The first-order chi connectivity index (χ1) is 29.6. The molecule has 0 radical (unpaired) electrons. The number of carbonyl (C=O) groups is 2. The lowest BCUT2D eigenvalue weighted by Gasteiger charge is -2.14. The van der Waals surface area contributed by atoms with E-state index in [1.807, 2.05) is 13.8 Å². The first-order valence-corrected chi connectivity index (χ1v) is 23.0. The van der Waals surface area contributed by atoms with Gasteiger partial charge < -0.3 is 24.7 Å². The Kier molecular flexibility index (Phi) is 21.9. The standard InChI is InChI=1S/C22H23ClN2O5S.C15H17ClN2O3.C7H7ClO2S/c1-5-29-22(26)20-13-18(25-31(27,28)19-9-6-15(2)7-10-19)8-11-21(20)30-16(3)12-17(23)14-24-4;1-4-20-15(19)13-8-12(17)5-6-14(13)21-10(2)7-11(16)9-18-3;1-6-2-4-7(5-3-6)11(8,9)10/h6-14,25H,3,5H2,1-2,4H3;5-9H,2,4,17H2,1,3H3;2-5H,1H3/b17-12+,24-14?;11-7+,18-9?;. The van der Waals surface area contributed by atoms with Gasteiger partial charge >= 0.3 is 11.9 Å². The molecule has 0 saturated heterocycles. The second kappa shape index (κ2) is 25.9. The van der Waals surface area contributed by atoms with Crippen molar-refractivity contribution in [3.8, 4) is 11.5 Å². The summed E-state index contributed by atoms with van der Waals surface area (Å²) in [7, 11) is 0.851. The zero-order valence-electron chi connectivity index (χ0n) is 35.2. The molecule has 0 aliphatic rings. The number of hydrogen-bond acceptors (Lipinski definition) is 13. The fourth-order valence-electron chi connectivity index (χ4n) is 4.66. The second-order valence-corrected chi connectivity index (χ2v) is 17.7. The third-order valence-electron chi connectivity index (χ3n) is 7.44. The molecule has 0 heterocycles. The minimum atomic E-state index is -3.84. The van der Waals surface area contributed by atoms with E-state index in [4.69, 9.17) is 58.6 Å². The second-order valence-electron chi connectivity index (χ2n) is 12.5. The minimum Gasteiger partial charge on any atom is -0.462 e. The van der Waals surface area contributed by atoms with Crippen LogP contribution < -0.4 is 19.9 Å². The van der Waals surface area contributed by atoms with Gasteiger partial charge in [-0.15, -0.1) is 0 Å². The van der Waals surface area contributed by atoms with Gasteiger partial charge in [0.15, 0.2) is 0 Å². The number of nitrogens with zero attached hydrogens (tertiary/aromatic N) is 2. The number of benzene rings is 4. The van der Waals surface area contributed by atoms with E-state index in [0.717, 1.165) is 11.1 Å². The fraction of sp³-hybridized carbons (Fsp3) is 0.182. The molecule has 0 spiro atoms. The monoisotopic (exact) mass is 960 g/mol. The van der Waals surface area contributed by atoms with Crippen LogP contribution in [0.25, 0.3) is 0 Å². The molecule has 3 N–H and O–H groups in total. The summed E-state index contributed by atoms with van der Waals surface area (Å²) in [5, 5.41) is 0.642. The van der Waals surface area contributed by atoms with Gasteiger partial charge in [-0.2, -0.15) is 0 Å². The number of carbonyl (C=O) groups excluding carboxylic acids is 2. The van der Waals surface area contributed by atoms with Crippen LogP contribution in [0.5, 0.6) is 11.5 Å². The highest BCUT2D eigenvalue weighted by Crippen LogP contribution is 2.28. The van der Waals surface area contributed by atoms with Crippen molar-refractivity contribution in [3.05, 3.63) is 154 Å². The molecule has 336 valence electrons. The van der Waals surface area contributed by atoms with E-state index in [0.29, 0.717) is 16.5 Å². The lowest BCUT2D eigenvalue weighted by Crippen LogP contribution is -2.14. The van der Waals surface area contributed by atoms with Gasteiger partial charge in [-0.05, 0) is 88.4 Å². The van der Waals surface area contributed by atoms with Crippen molar-refractivity contribution in [2.75, 3.05) is 37.8 Å². The number of aliphatic imine (C=N–C) groups is 2. The molecule has 0 atom stereocenters. The maximum absolute atomic E-state index is 12.7. The first-order valence-electron chi connectivity index (χ1n) is 18.4. The van der Waals surface area contributed by atoms with Crippen LogP contribution in [0.1, 0.15) is 45.7 Å². The van der Waals surface area contributed by atoms with Crippen molar-refractivity contribution in [2.45, 2.75) is 37.5 Å².